The molecular formula is C52H64OSi. The second kappa shape index (κ2) is 15.2. The van der Waals surface area contributed by atoms with Gasteiger partial charge in [-0.25, -0.2) is 0 Å². The smallest absolute Gasteiger partial charge is 0.122 e. The van der Waals surface area contributed by atoms with Crippen molar-refractivity contribution < 1.29 is 4.74 Å². The van der Waals surface area contributed by atoms with E-state index in [0.717, 1.165) is 18.6 Å². The van der Waals surface area contributed by atoms with Crippen LogP contribution in [0.1, 0.15) is 133 Å². The second-order valence-corrected chi connectivity index (χ2v) is 23.2. The molecule has 0 fully saturated rings. The molecule has 0 saturated carbocycles. The van der Waals surface area contributed by atoms with Crippen LogP contribution in [0.2, 0.25) is 13.1 Å². The van der Waals surface area contributed by atoms with Crippen LogP contribution in [0.4, 0.5) is 0 Å². The molecule has 0 radical (unpaired) electrons. The van der Waals surface area contributed by atoms with Gasteiger partial charge in [-0.05, 0) is 107 Å². The molecule has 0 amide bonds. The number of benzene rings is 5. The summed E-state index contributed by atoms with van der Waals surface area (Å²) in [5.41, 5.74) is 16.4. The molecule has 0 aliphatic heterocycles. The molecule has 0 bridgehead atoms. The van der Waals surface area contributed by atoms with Gasteiger partial charge in [-0.15, -0.1) is 0 Å². The zero-order valence-corrected chi connectivity index (χ0v) is 36.3. The van der Waals surface area contributed by atoms with E-state index in [1.807, 2.05) is 6.08 Å². The Labute approximate surface area is 328 Å². The summed E-state index contributed by atoms with van der Waals surface area (Å²) >= 11 is 0. The Morgan fingerprint density at radius 2 is 1.13 bits per heavy atom. The zero-order chi connectivity index (χ0) is 39.2. The molecule has 2 atom stereocenters. The zero-order valence-electron chi connectivity index (χ0n) is 35.3. The lowest BCUT2D eigenvalue weighted by Gasteiger charge is -2.37. The fourth-order valence-corrected chi connectivity index (χ4v) is 12.1. The lowest BCUT2D eigenvalue weighted by molar-refractivity contribution is 0.353. The lowest BCUT2D eigenvalue weighted by atomic mass is 9.80. The van der Waals surface area contributed by atoms with Gasteiger partial charge >= 0.3 is 0 Å². The largest absolute Gasteiger partial charge is 0.489 e. The Morgan fingerprint density at radius 3 is 1.56 bits per heavy atom. The Morgan fingerprint density at radius 1 is 0.648 bits per heavy atom. The molecule has 2 heteroatoms. The average molecular weight is 733 g/mol. The van der Waals surface area contributed by atoms with E-state index in [1.54, 1.807) is 0 Å². The average Bonchev–Trinajstić information content (AvgIpc) is 3.49. The van der Waals surface area contributed by atoms with Crippen molar-refractivity contribution in [3.8, 4) is 39.1 Å². The quantitative estimate of drug-likeness (QED) is 0.0970. The minimum atomic E-state index is -2.44. The van der Waals surface area contributed by atoms with Gasteiger partial charge in [0.25, 0.3) is 0 Å². The van der Waals surface area contributed by atoms with Crippen LogP contribution in [0.25, 0.3) is 33.4 Å². The van der Waals surface area contributed by atoms with E-state index in [2.05, 4.69) is 186 Å². The van der Waals surface area contributed by atoms with Gasteiger partial charge in [0, 0.05) is 5.54 Å². The molecule has 54 heavy (non-hydrogen) atoms. The monoisotopic (exact) mass is 732 g/mol. The van der Waals surface area contributed by atoms with Gasteiger partial charge in [0.1, 0.15) is 12.4 Å². The highest BCUT2D eigenvalue weighted by molar-refractivity contribution is 6.92. The van der Waals surface area contributed by atoms with Gasteiger partial charge in [0.2, 0.25) is 0 Å². The van der Waals surface area contributed by atoms with E-state index >= 15 is 0 Å². The van der Waals surface area contributed by atoms with E-state index in [9.17, 15) is 0 Å². The van der Waals surface area contributed by atoms with Gasteiger partial charge in [0.05, 0.1) is 8.07 Å². The SMILES string of the molecule is C=CCOc1c(C(C)(C)C)cc(C(C)(C)C)cc1[Si](C)(C)C1c2cc(-c3cccc(C(C)CC)c3)ccc2-c2ccc(-c3cccc(C(C)CC)c3)cc21. The Kier molecular flexibility index (Phi) is 11.1. The first-order valence-corrected chi connectivity index (χ1v) is 23.5. The number of rotatable bonds is 11. The summed E-state index contributed by atoms with van der Waals surface area (Å²) in [6, 6.07) is 38.0. The third-order valence-electron chi connectivity index (χ3n) is 12.3. The molecule has 1 aliphatic rings. The minimum absolute atomic E-state index is 0.0106. The molecule has 5 aromatic rings. The van der Waals surface area contributed by atoms with Crippen molar-refractivity contribution in [1.82, 2.24) is 0 Å². The summed E-state index contributed by atoms with van der Waals surface area (Å²) in [4.78, 5) is 0. The van der Waals surface area contributed by atoms with E-state index in [-0.39, 0.29) is 16.4 Å². The molecule has 1 nitrogen and oxygen atoms in total. The normalized spacial score (nSPS) is 15.4. The number of fused-ring (bicyclic) bond motifs is 3. The predicted octanol–water partition coefficient (Wildman–Crippen LogP) is 14.5. The topological polar surface area (TPSA) is 9.23 Å². The van der Waals surface area contributed by atoms with Crippen molar-refractivity contribution in [2.24, 2.45) is 0 Å². The van der Waals surface area contributed by atoms with Crippen LogP contribution in [0.3, 0.4) is 0 Å². The van der Waals surface area contributed by atoms with E-state index in [4.69, 9.17) is 4.74 Å². The number of hydrogen-bond donors (Lipinski definition) is 0. The highest BCUT2D eigenvalue weighted by Gasteiger charge is 2.45. The minimum Gasteiger partial charge on any atom is -0.489 e. The van der Waals surface area contributed by atoms with Crippen LogP contribution < -0.4 is 9.92 Å². The molecule has 0 heterocycles. The summed E-state index contributed by atoms with van der Waals surface area (Å²) in [6.45, 7) is 33.0. The highest BCUT2D eigenvalue weighted by atomic mass is 28.3. The van der Waals surface area contributed by atoms with Crippen molar-refractivity contribution in [2.75, 3.05) is 6.61 Å². The van der Waals surface area contributed by atoms with Crippen molar-refractivity contribution in [3.63, 3.8) is 0 Å². The maximum Gasteiger partial charge on any atom is 0.122 e. The van der Waals surface area contributed by atoms with Crippen LogP contribution in [0.15, 0.2) is 110 Å². The fourth-order valence-electron chi connectivity index (χ4n) is 8.47. The summed E-state index contributed by atoms with van der Waals surface area (Å²) in [7, 11) is -2.44. The molecule has 0 spiro atoms. The second-order valence-electron chi connectivity index (χ2n) is 18.6. The van der Waals surface area contributed by atoms with Crippen LogP contribution in [0, 0.1) is 0 Å². The molecule has 1 aliphatic carbocycles. The molecule has 0 N–H and O–H groups in total. The lowest BCUT2D eigenvalue weighted by Crippen LogP contribution is -2.49. The standard InChI is InChI=1S/C52H64OSi/c1-14-27-53-49-47(52(9,10)11)32-42(51(6,7)8)33-48(49)54(12,13)50-45-30-40(38-21-17-19-36(28-38)34(4)15-2)23-25-43(45)44-26-24-41(31-46(44)50)39-22-18-20-37(29-39)35(5)16-3/h14,17-26,28-35,50H,1,15-16,27H2,2-13H3. The summed E-state index contributed by atoms with van der Waals surface area (Å²) in [5.74, 6) is 2.12. The Balaban J connectivity index is 1.63. The fraction of sp³-hybridized carbons (Fsp3) is 0.385. The van der Waals surface area contributed by atoms with E-state index < -0.39 is 8.07 Å². The molecule has 2 unspecified atom stereocenters. The first kappa shape index (κ1) is 39.5. The van der Waals surface area contributed by atoms with Crippen LogP contribution in [-0.2, 0) is 10.8 Å². The van der Waals surface area contributed by atoms with E-state index in [1.165, 1.54) is 71.9 Å². The number of ether oxygens (including phenoxy) is 1. The first-order chi connectivity index (χ1) is 25.5. The molecule has 0 aromatic heterocycles. The maximum absolute atomic E-state index is 6.83. The molecule has 5 aromatic carbocycles. The molecule has 282 valence electrons. The van der Waals surface area contributed by atoms with Gasteiger partial charge in [0.15, 0.2) is 0 Å². The van der Waals surface area contributed by atoms with Gasteiger partial charge in [-0.3, -0.25) is 0 Å². The molecular weight excluding hydrogens is 669 g/mol. The first-order valence-electron chi connectivity index (χ1n) is 20.4. The maximum atomic E-state index is 6.83. The van der Waals surface area contributed by atoms with Crippen molar-refractivity contribution in [2.45, 2.75) is 123 Å². The molecule has 6 rings (SSSR count). The van der Waals surface area contributed by atoms with Crippen molar-refractivity contribution in [1.29, 1.82) is 0 Å². The third kappa shape index (κ3) is 7.56. The highest BCUT2D eigenvalue weighted by Crippen LogP contribution is 2.52. The van der Waals surface area contributed by atoms with E-state index in [0.29, 0.717) is 18.4 Å². The van der Waals surface area contributed by atoms with Gasteiger partial charge in [-0.2, -0.15) is 0 Å². The predicted molar refractivity (Wildman–Crippen MR) is 239 cm³/mol. The summed E-state index contributed by atoms with van der Waals surface area (Å²) in [6.07, 6.45) is 4.16. The van der Waals surface area contributed by atoms with Gasteiger partial charge < -0.3 is 4.74 Å². The van der Waals surface area contributed by atoms with Crippen LogP contribution in [-0.4, -0.2) is 14.7 Å². The number of hydrogen-bond acceptors (Lipinski definition) is 1. The Bertz CT molecular complexity index is 2050. The Hall–Kier alpha value is -4.14. The van der Waals surface area contributed by atoms with Gasteiger partial charge in [-0.1, -0.05) is 192 Å². The van der Waals surface area contributed by atoms with Crippen molar-refractivity contribution in [3.05, 3.63) is 143 Å². The van der Waals surface area contributed by atoms with Crippen LogP contribution >= 0.6 is 0 Å². The summed E-state index contributed by atoms with van der Waals surface area (Å²) in [5, 5.41) is 1.40. The summed E-state index contributed by atoms with van der Waals surface area (Å²) < 4.78 is 6.83. The molecule has 0 saturated heterocycles. The van der Waals surface area contributed by atoms with Crippen LogP contribution in [0.5, 0.6) is 5.75 Å². The third-order valence-corrected chi connectivity index (χ3v) is 16.2. The van der Waals surface area contributed by atoms with Crippen molar-refractivity contribution >= 4 is 13.3 Å².